The molecule has 0 saturated heterocycles. The van der Waals surface area contributed by atoms with Crippen molar-refractivity contribution in [2.75, 3.05) is 10.6 Å². The number of aliphatic carboxylic acids is 1. The maximum Gasteiger partial charge on any atom is 0.402 e. The van der Waals surface area contributed by atoms with Gasteiger partial charge in [-0.3, -0.25) is 19.2 Å². The maximum atomic E-state index is 15.4. The molecule has 6 rings (SSSR count). The Morgan fingerprint density at radius 2 is 1.02 bits per heavy atom. The number of ketones is 1. The number of anilines is 2. The largest absolute Gasteiger partial charge is 0.506 e. The van der Waals surface area contributed by atoms with E-state index >= 15 is 26.3 Å². The molecule has 6 unspecified atom stereocenters. The molecule has 7 N–H and O–H groups in total. The van der Waals surface area contributed by atoms with Crippen molar-refractivity contribution in [1.82, 2.24) is 0 Å². The van der Waals surface area contributed by atoms with Gasteiger partial charge in [0.25, 0.3) is 5.91 Å². The first-order chi connectivity index (χ1) is 30.6. The molecule has 66 heavy (non-hydrogen) atoms. The molecule has 6 atom stereocenters. The normalized spacial score (nSPS) is 19.7. The van der Waals surface area contributed by atoms with Gasteiger partial charge in [-0.05, 0) is 103 Å². The van der Waals surface area contributed by atoms with E-state index in [2.05, 4.69) is 10.6 Å². The molecule has 0 spiro atoms. The molecule has 4 aromatic carbocycles. The van der Waals surface area contributed by atoms with Crippen molar-refractivity contribution in [2.45, 2.75) is 63.7 Å². The van der Waals surface area contributed by atoms with Gasteiger partial charge in [0, 0.05) is 12.0 Å². The lowest BCUT2D eigenvalue weighted by Gasteiger charge is -2.34. The van der Waals surface area contributed by atoms with Crippen LogP contribution in [0.5, 0.6) is 11.5 Å². The van der Waals surface area contributed by atoms with Crippen molar-refractivity contribution < 1.29 is 80.6 Å². The topological polar surface area (TPSA) is 228 Å². The van der Waals surface area contributed by atoms with Crippen LogP contribution in [-0.2, 0) is 20.4 Å². The van der Waals surface area contributed by atoms with Gasteiger partial charge in [-0.1, -0.05) is 56.3 Å². The zero-order chi connectivity index (χ0) is 49.0. The van der Waals surface area contributed by atoms with Gasteiger partial charge in [0.1, 0.15) is 22.3 Å². The standard InChI is InChI=1S/C47H42F6N2O11/c1-21(2)15-36(58)28-11-7-25(18-31(28)42(63)64)44(3,46(48,49)50)24-8-12-29(41(61)62)30(17-24)39(59)54-32-19-26(9-13-34(32)56)45(4,47(51,52)53)27-10-14-35(57)33(20-27)55-40(60)37-22-5-6-23(16-22)38(37)43(65)66/h5-14,17-23,37-38,56-57H,15-16H2,1-4H3,(H,54,59)(H,55,60)(H,61,62)(H,63,64)(H,65,66). The number of halogens is 6. The van der Waals surface area contributed by atoms with E-state index in [-0.39, 0.29) is 17.9 Å². The summed E-state index contributed by atoms with van der Waals surface area (Å²) in [4.78, 5) is 76.8. The number of phenolic OH excluding ortho intramolecular Hbond substituents is 2. The molecular formula is C47H42F6N2O11. The third-order valence-corrected chi connectivity index (χ3v) is 12.6. The second-order valence-corrected chi connectivity index (χ2v) is 17.1. The number of hydrogen-bond acceptors (Lipinski definition) is 8. The first-order valence-electron chi connectivity index (χ1n) is 20.2. The minimum absolute atomic E-state index is 0.117. The molecule has 348 valence electrons. The number of phenols is 2. The molecule has 2 aliphatic rings. The van der Waals surface area contributed by atoms with E-state index in [1.54, 1.807) is 26.0 Å². The highest BCUT2D eigenvalue weighted by molar-refractivity contribution is 6.11. The van der Waals surface area contributed by atoms with Gasteiger partial charge in [-0.2, -0.15) is 26.3 Å². The third-order valence-electron chi connectivity index (χ3n) is 12.6. The van der Waals surface area contributed by atoms with E-state index < -0.39 is 144 Å². The average molecular weight is 925 g/mol. The molecule has 1 fully saturated rings. The van der Waals surface area contributed by atoms with Crippen molar-refractivity contribution >= 4 is 46.9 Å². The minimum Gasteiger partial charge on any atom is -0.506 e. The number of carboxylic acid groups (broad SMARTS) is 3. The Morgan fingerprint density at radius 1 is 0.591 bits per heavy atom. The molecule has 2 amide bonds. The lowest BCUT2D eigenvalue weighted by Crippen LogP contribution is -2.41. The van der Waals surface area contributed by atoms with E-state index in [1.165, 1.54) is 0 Å². The van der Waals surface area contributed by atoms with E-state index in [9.17, 15) is 54.3 Å². The van der Waals surface area contributed by atoms with Crippen LogP contribution in [-0.4, -0.2) is 73.4 Å². The molecule has 19 heteroatoms. The first kappa shape index (κ1) is 48.3. The van der Waals surface area contributed by atoms with Crippen LogP contribution in [0.2, 0.25) is 0 Å². The van der Waals surface area contributed by atoms with Crippen LogP contribution in [0.25, 0.3) is 0 Å². The van der Waals surface area contributed by atoms with E-state index in [0.29, 0.717) is 44.5 Å². The van der Waals surface area contributed by atoms with Crippen molar-refractivity contribution in [1.29, 1.82) is 0 Å². The summed E-state index contributed by atoms with van der Waals surface area (Å²) in [6, 6.07) is 9.31. The van der Waals surface area contributed by atoms with Crippen LogP contribution in [0.3, 0.4) is 0 Å². The smallest absolute Gasteiger partial charge is 0.402 e. The Hall–Kier alpha value is -7.18. The van der Waals surface area contributed by atoms with Crippen LogP contribution < -0.4 is 10.6 Å². The Kier molecular flexibility index (Phi) is 12.7. The number of carboxylic acids is 3. The average Bonchev–Trinajstić information content (AvgIpc) is 3.86. The molecule has 0 aliphatic heterocycles. The monoisotopic (exact) mass is 924 g/mol. The molecule has 0 aromatic heterocycles. The van der Waals surface area contributed by atoms with Gasteiger partial charge in [0.2, 0.25) is 5.91 Å². The van der Waals surface area contributed by atoms with Crippen molar-refractivity contribution in [3.63, 3.8) is 0 Å². The van der Waals surface area contributed by atoms with Crippen LogP contribution in [0, 0.1) is 29.6 Å². The lowest BCUT2D eigenvalue weighted by molar-refractivity contribution is -0.173. The van der Waals surface area contributed by atoms with Crippen molar-refractivity contribution in [3.05, 3.63) is 129 Å². The summed E-state index contributed by atoms with van der Waals surface area (Å²) < 4.78 is 91.9. The van der Waals surface area contributed by atoms with Crippen LogP contribution in [0.15, 0.2) is 84.9 Å². The predicted molar refractivity (Wildman–Crippen MR) is 224 cm³/mol. The van der Waals surface area contributed by atoms with Crippen molar-refractivity contribution in [3.8, 4) is 11.5 Å². The predicted octanol–water partition coefficient (Wildman–Crippen LogP) is 9.17. The number of carbonyl (C=O) groups excluding carboxylic acids is 3. The van der Waals surface area contributed by atoms with E-state index in [0.717, 1.165) is 48.5 Å². The Morgan fingerprint density at radius 3 is 1.47 bits per heavy atom. The van der Waals surface area contributed by atoms with Crippen LogP contribution in [0.1, 0.15) is 104 Å². The number of carbonyl (C=O) groups is 6. The second-order valence-electron chi connectivity index (χ2n) is 17.1. The SMILES string of the molecule is CC(C)CC(=O)c1ccc(C(C)(c2ccc(C(=O)O)c(C(=O)Nc3cc(C(C)(c4ccc(O)c(NC(=O)C5C6C=CC(C6)C5C(=O)O)c4)C(F)(F)F)ccc3O)c2)C(F)(F)F)cc1C(=O)O. The first-order valence-corrected chi connectivity index (χ1v) is 20.2. The summed E-state index contributed by atoms with van der Waals surface area (Å²) in [7, 11) is 0. The van der Waals surface area contributed by atoms with E-state index in [1.807, 2.05) is 0 Å². The number of allylic oxidation sites excluding steroid dienone is 2. The number of amides is 2. The van der Waals surface area contributed by atoms with Crippen LogP contribution in [0.4, 0.5) is 37.7 Å². The number of hydrogen-bond donors (Lipinski definition) is 7. The molecule has 1 saturated carbocycles. The van der Waals surface area contributed by atoms with Gasteiger partial charge in [0.15, 0.2) is 5.78 Å². The molecule has 0 heterocycles. The van der Waals surface area contributed by atoms with E-state index in [4.69, 9.17) is 0 Å². The summed E-state index contributed by atoms with van der Waals surface area (Å²) in [5.74, 6) is -12.6. The Bertz CT molecular complexity index is 2710. The fraction of sp³-hybridized carbons (Fsp3) is 0.319. The fourth-order valence-corrected chi connectivity index (χ4v) is 8.79. The van der Waals surface area contributed by atoms with Gasteiger partial charge in [0.05, 0.1) is 39.9 Å². The second kappa shape index (κ2) is 17.3. The summed E-state index contributed by atoms with van der Waals surface area (Å²) in [6.07, 6.45) is -6.86. The summed E-state index contributed by atoms with van der Waals surface area (Å²) >= 11 is 0. The number of aromatic carboxylic acids is 2. The molecule has 4 aromatic rings. The number of aromatic hydroxyl groups is 2. The van der Waals surface area contributed by atoms with Gasteiger partial charge in [-0.25, -0.2) is 9.59 Å². The zero-order valence-electron chi connectivity index (χ0n) is 35.3. The summed E-state index contributed by atoms with van der Waals surface area (Å²) in [6.45, 7) is 4.69. The quantitative estimate of drug-likeness (QED) is 0.0273. The molecule has 13 nitrogen and oxygen atoms in total. The number of fused-ring (bicyclic) bond motifs is 2. The Balaban J connectivity index is 1.38. The van der Waals surface area contributed by atoms with Gasteiger partial charge < -0.3 is 36.2 Å². The molecule has 2 bridgehead atoms. The van der Waals surface area contributed by atoms with Crippen LogP contribution >= 0.6 is 0 Å². The summed E-state index contributed by atoms with van der Waals surface area (Å²) in [5.41, 5.74) is -13.2. The van der Waals surface area contributed by atoms with Gasteiger partial charge in [-0.15, -0.1) is 0 Å². The lowest BCUT2D eigenvalue weighted by atomic mass is 9.73. The van der Waals surface area contributed by atoms with Gasteiger partial charge >= 0.3 is 30.3 Å². The third kappa shape index (κ3) is 8.56. The highest BCUT2D eigenvalue weighted by atomic mass is 19.4. The number of Topliss-reactive ketones (excluding diaryl/α,β-unsaturated/α-hetero) is 1. The molecule has 0 radical (unpaired) electrons. The van der Waals surface area contributed by atoms with Crippen molar-refractivity contribution in [2.24, 2.45) is 29.6 Å². The molecular weight excluding hydrogens is 883 g/mol. The minimum atomic E-state index is -5.27. The Labute approximate surface area is 371 Å². The molecule has 2 aliphatic carbocycles. The zero-order valence-corrected chi connectivity index (χ0v) is 35.3. The highest BCUT2D eigenvalue weighted by Crippen LogP contribution is 2.51. The fourth-order valence-electron chi connectivity index (χ4n) is 8.79. The number of benzene rings is 4. The number of alkyl halides is 6. The number of rotatable bonds is 14. The highest BCUT2D eigenvalue weighted by Gasteiger charge is 2.56. The maximum absolute atomic E-state index is 15.4. The summed E-state index contributed by atoms with van der Waals surface area (Å²) in [5, 5.41) is 55.6. The number of nitrogens with one attached hydrogen (secondary N) is 2.